The highest BCUT2D eigenvalue weighted by molar-refractivity contribution is 7.98. The van der Waals surface area contributed by atoms with Crippen molar-refractivity contribution in [3.63, 3.8) is 0 Å². The molecule has 29 heavy (non-hydrogen) atoms. The molecular weight excluding hydrogens is 386 g/mol. The molecule has 0 saturated heterocycles. The zero-order valence-corrected chi connectivity index (χ0v) is 18.2. The number of ether oxygens (including phenoxy) is 1. The molecule has 1 atom stereocenters. The van der Waals surface area contributed by atoms with Crippen molar-refractivity contribution in [3.8, 4) is 11.4 Å². The Morgan fingerprint density at radius 3 is 2.69 bits per heavy atom. The van der Waals surface area contributed by atoms with E-state index in [9.17, 15) is 9.59 Å². The minimum atomic E-state index is -0.661. The number of fused-ring (bicyclic) bond motifs is 1. The van der Waals surface area contributed by atoms with Crippen LogP contribution < -0.4 is 5.32 Å². The largest absolute Gasteiger partial charge is 0.467 e. The fourth-order valence-corrected chi connectivity index (χ4v) is 4.15. The molecule has 1 aliphatic rings. The summed E-state index contributed by atoms with van der Waals surface area (Å²) in [5.74, 6) is 0.864. The molecule has 3 rings (SSSR count). The van der Waals surface area contributed by atoms with E-state index in [2.05, 4.69) is 28.9 Å². The first kappa shape index (κ1) is 21.4. The van der Waals surface area contributed by atoms with Crippen LogP contribution in [-0.2, 0) is 22.5 Å². The van der Waals surface area contributed by atoms with E-state index >= 15 is 0 Å². The molecule has 1 N–H and O–H groups in total. The first-order valence-corrected chi connectivity index (χ1v) is 11.5. The van der Waals surface area contributed by atoms with Crippen molar-refractivity contribution < 1.29 is 14.3 Å². The fraction of sp³-hybridized carbons (Fsp3) is 0.500. The van der Waals surface area contributed by atoms with Gasteiger partial charge in [0.15, 0.2) is 0 Å². The Hall–Kier alpha value is -2.28. The highest BCUT2D eigenvalue weighted by Crippen LogP contribution is 2.27. The highest BCUT2D eigenvalue weighted by atomic mass is 32.2. The van der Waals surface area contributed by atoms with Gasteiger partial charge in [0.25, 0.3) is 5.91 Å². The standard InChI is InChI=1S/C22H29N3O3S/c1-15-8-10-16(11-9-15)20-24-19(18-7-5-4-6-13-25(18)20)21(26)23-17(12-14-29-3)22(27)28-2/h8-11,17H,4-7,12-14H2,1-3H3,(H,23,26)/t17-/m1/s1. The Bertz CT molecular complexity index is 861. The second-order valence-corrected chi connectivity index (χ2v) is 8.38. The average Bonchev–Trinajstić information content (AvgIpc) is 2.92. The van der Waals surface area contributed by atoms with Crippen molar-refractivity contribution in [1.82, 2.24) is 14.9 Å². The number of aromatic nitrogens is 2. The molecule has 0 unspecified atom stereocenters. The molecule has 1 amide bonds. The molecule has 1 aromatic heterocycles. The molecule has 156 valence electrons. The third-order valence-electron chi connectivity index (χ3n) is 5.29. The van der Waals surface area contributed by atoms with E-state index in [4.69, 9.17) is 9.72 Å². The quantitative estimate of drug-likeness (QED) is 0.700. The number of methoxy groups -OCH3 is 1. The number of esters is 1. The lowest BCUT2D eigenvalue weighted by Gasteiger charge is -2.16. The summed E-state index contributed by atoms with van der Waals surface area (Å²) < 4.78 is 7.06. The molecular formula is C22H29N3O3S. The van der Waals surface area contributed by atoms with Crippen molar-refractivity contribution in [2.75, 3.05) is 19.1 Å². The van der Waals surface area contributed by atoms with Crippen LogP contribution in [0, 0.1) is 6.92 Å². The lowest BCUT2D eigenvalue weighted by Crippen LogP contribution is -2.42. The van der Waals surface area contributed by atoms with Gasteiger partial charge in [-0.1, -0.05) is 36.2 Å². The number of carbonyl (C=O) groups is 2. The number of hydrogen-bond acceptors (Lipinski definition) is 5. The summed E-state index contributed by atoms with van der Waals surface area (Å²) in [4.78, 5) is 30.0. The van der Waals surface area contributed by atoms with Crippen LogP contribution in [0.5, 0.6) is 0 Å². The minimum absolute atomic E-state index is 0.300. The summed E-state index contributed by atoms with van der Waals surface area (Å²) in [5.41, 5.74) is 3.58. The number of nitrogens with zero attached hydrogens (tertiary/aromatic N) is 2. The van der Waals surface area contributed by atoms with Gasteiger partial charge in [-0.2, -0.15) is 11.8 Å². The van der Waals surface area contributed by atoms with Crippen LogP contribution in [0.4, 0.5) is 0 Å². The Balaban J connectivity index is 1.94. The SMILES string of the molecule is COC(=O)[C@@H](CCSC)NC(=O)c1nc(-c2ccc(C)cc2)n2c1CCCCC2. The Morgan fingerprint density at radius 1 is 1.24 bits per heavy atom. The predicted octanol–water partition coefficient (Wildman–Crippen LogP) is 3.61. The summed E-state index contributed by atoms with van der Waals surface area (Å²) in [5, 5.41) is 2.86. The molecule has 2 aromatic rings. The third-order valence-corrected chi connectivity index (χ3v) is 5.94. The predicted molar refractivity (Wildman–Crippen MR) is 116 cm³/mol. The number of thioether (sulfide) groups is 1. The van der Waals surface area contributed by atoms with Crippen molar-refractivity contribution in [2.45, 2.75) is 51.6 Å². The lowest BCUT2D eigenvalue weighted by molar-refractivity contribution is -0.142. The third kappa shape index (κ3) is 5.01. The number of imidazole rings is 1. The maximum atomic E-state index is 13.1. The van der Waals surface area contributed by atoms with Crippen LogP contribution >= 0.6 is 11.8 Å². The van der Waals surface area contributed by atoms with Crippen LogP contribution in [0.1, 0.15) is 47.4 Å². The van der Waals surface area contributed by atoms with E-state index in [1.54, 1.807) is 11.8 Å². The molecule has 0 aliphatic carbocycles. The van der Waals surface area contributed by atoms with Crippen LogP contribution in [0.15, 0.2) is 24.3 Å². The van der Waals surface area contributed by atoms with E-state index in [-0.39, 0.29) is 5.91 Å². The Morgan fingerprint density at radius 2 is 2.00 bits per heavy atom. The van der Waals surface area contributed by atoms with Gasteiger partial charge in [-0.05, 0) is 44.6 Å². The van der Waals surface area contributed by atoms with Crippen molar-refractivity contribution in [2.24, 2.45) is 0 Å². The summed E-state index contributed by atoms with van der Waals surface area (Å²) in [6.45, 7) is 2.90. The van der Waals surface area contributed by atoms with Gasteiger partial charge in [0.05, 0.1) is 12.8 Å². The van der Waals surface area contributed by atoms with Crippen molar-refractivity contribution >= 4 is 23.6 Å². The molecule has 1 aliphatic heterocycles. The molecule has 0 bridgehead atoms. The maximum Gasteiger partial charge on any atom is 0.328 e. The number of rotatable bonds is 7. The van der Waals surface area contributed by atoms with Crippen molar-refractivity contribution in [1.29, 1.82) is 0 Å². The van der Waals surface area contributed by atoms with Gasteiger partial charge in [0, 0.05) is 12.1 Å². The first-order chi connectivity index (χ1) is 14.0. The number of carbonyl (C=O) groups excluding carboxylic acids is 2. The van der Waals surface area contributed by atoms with E-state index < -0.39 is 12.0 Å². The number of nitrogens with one attached hydrogen (secondary N) is 1. The number of benzene rings is 1. The molecule has 0 spiro atoms. The normalized spacial score (nSPS) is 14.6. The minimum Gasteiger partial charge on any atom is -0.467 e. The summed E-state index contributed by atoms with van der Waals surface area (Å²) in [6, 6.07) is 7.55. The highest BCUT2D eigenvalue weighted by Gasteiger charge is 2.28. The molecule has 0 fully saturated rings. The second-order valence-electron chi connectivity index (χ2n) is 7.39. The summed E-state index contributed by atoms with van der Waals surface area (Å²) in [6.07, 6.45) is 6.55. The van der Waals surface area contributed by atoms with Crippen molar-refractivity contribution in [3.05, 3.63) is 41.2 Å². The van der Waals surface area contributed by atoms with E-state index in [1.165, 1.54) is 12.7 Å². The molecule has 0 radical (unpaired) electrons. The van der Waals surface area contributed by atoms with E-state index in [0.29, 0.717) is 12.1 Å². The van der Waals surface area contributed by atoms with Crippen LogP contribution in [0.2, 0.25) is 0 Å². The van der Waals surface area contributed by atoms with E-state index in [0.717, 1.165) is 55.1 Å². The van der Waals surface area contributed by atoms with Gasteiger partial charge in [0.2, 0.25) is 0 Å². The topological polar surface area (TPSA) is 73.2 Å². The van der Waals surface area contributed by atoms with E-state index in [1.807, 2.05) is 18.4 Å². The van der Waals surface area contributed by atoms with Gasteiger partial charge in [0.1, 0.15) is 17.6 Å². The van der Waals surface area contributed by atoms with Crippen LogP contribution in [0.3, 0.4) is 0 Å². The van der Waals surface area contributed by atoms with Gasteiger partial charge in [-0.3, -0.25) is 4.79 Å². The molecule has 2 heterocycles. The summed E-state index contributed by atoms with van der Waals surface area (Å²) >= 11 is 1.63. The van der Waals surface area contributed by atoms with Crippen LogP contribution in [-0.4, -0.2) is 46.6 Å². The first-order valence-electron chi connectivity index (χ1n) is 10.1. The summed E-state index contributed by atoms with van der Waals surface area (Å²) in [7, 11) is 1.35. The van der Waals surface area contributed by atoms with Gasteiger partial charge in [-0.15, -0.1) is 0 Å². The molecule has 7 heteroatoms. The second kappa shape index (κ2) is 9.96. The number of amides is 1. The number of aryl methyl sites for hydroxylation is 1. The Kier molecular flexibility index (Phi) is 7.36. The fourth-order valence-electron chi connectivity index (χ4n) is 3.68. The molecule has 1 aromatic carbocycles. The van der Waals surface area contributed by atoms with Gasteiger partial charge < -0.3 is 14.6 Å². The molecule has 6 nitrogen and oxygen atoms in total. The number of hydrogen-bond donors (Lipinski definition) is 1. The van der Waals surface area contributed by atoms with Gasteiger partial charge in [-0.25, -0.2) is 9.78 Å². The maximum absolute atomic E-state index is 13.1. The zero-order valence-electron chi connectivity index (χ0n) is 17.4. The lowest BCUT2D eigenvalue weighted by atomic mass is 10.1. The zero-order chi connectivity index (χ0) is 20.8. The average molecular weight is 416 g/mol. The smallest absolute Gasteiger partial charge is 0.328 e. The molecule has 0 saturated carbocycles. The van der Waals surface area contributed by atoms with Crippen LogP contribution in [0.25, 0.3) is 11.4 Å². The Labute approximate surface area is 176 Å². The monoisotopic (exact) mass is 415 g/mol. The van der Waals surface area contributed by atoms with Gasteiger partial charge >= 0.3 is 5.97 Å².